The van der Waals surface area contributed by atoms with Gasteiger partial charge in [-0.1, -0.05) is 0 Å². The molecule has 4 rings (SSSR count). The molecule has 1 saturated heterocycles. The summed E-state index contributed by atoms with van der Waals surface area (Å²) in [4.78, 5) is 24.1. The molecule has 0 radical (unpaired) electrons. The van der Waals surface area contributed by atoms with Crippen LogP contribution in [0.15, 0.2) is 49.3 Å². The maximum atomic E-state index is 4.49. The molecule has 1 aliphatic heterocycles. The average molecular weight is 361 g/mol. The van der Waals surface area contributed by atoms with Crippen molar-refractivity contribution in [1.29, 1.82) is 0 Å². The van der Waals surface area contributed by atoms with Gasteiger partial charge >= 0.3 is 0 Å². The number of rotatable bonds is 5. The first kappa shape index (κ1) is 17.5. The zero-order valence-corrected chi connectivity index (χ0v) is 15.4. The minimum absolute atomic E-state index is 0.488. The number of anilines is 2. The normalized spacial score (nSPS) is 17.6. The lowest BCUT2D eigenvalue weighted by Crippen LogP contribution is -2.34. The summed E-state index contributed by atoms with van der Waals surface area (Å²) in [5.41, 5.74) is 3.28. The van der Waals surface area contributed by atoms with Crippen molar-refractivity contribution in [2.45, 2.75) is 32.2 Å². The SMILES string of the molecule is Cc1cnc(CN2CCCC(c3ccnc(Nc4cnccn4)c3)C2)cn1. The summed E-state index contributed by atoms with van der Waals surface area (Å²) in [5.74, 6) is 1.99. The first-order valence-corrected chi connectivity index (χ1v) is 9.25. The van der Waals surface area contributed by atoms with E-state index in [4.69, 9.17) is 0 Å². The van der Waals surface area contributed by atoms with Crippen LogP contribution < -0.4 is 5.32 Å². The van der Waals surface area contributed by atoms with Gasteiger partial charge in [0.25, 0.3) is 0 Å². The molecule has 1 fully saturated rings. The van der Waals surface area contributed by atoms with E-state index in [0.717, 1.165) is 36.8 Å². The lowest BCUT2D eigenvalue weighted by atomic mass is 9.91. The second kappa shape index (κ2) is 8.18. The first-order chi connectivity index (χ1) is 13.3. The highest BCUT2D eigenvalue weighted by Crippen LogP contribution is 2.28. The molecular formula is C20H23N7. The van der Waals surface area contributed by atoms with Crippen molar-refractivity contribution in [3.05, 3.63) is 66.3 Å². The fourth-order valence-corrected chi connectivity index (χ4v) is 3.47. The van der Waals surface area contributed by atoms with Gasteiger partial charge in [0.1, 0.15) is 11.6 Å². The molecule has 0 bridgehead atoms. The molecule has 1 N–H and O–H groups in total. The molecule has 4 heterocycles. The maximum absolute atomic E-state index is 4.49. The molecular weight excluding hydrogens is 338 g/mol. The van der Waals surface area contributed by atoms with Crippen LogP contribution >= 0.6 is 0 Å². The molecule has 27 heavy (non-hydrogen) atoms. The zero-order valence-electron chi connectivity index (χ0n) is 15.4. The number of aromatic nitrogens is 5. The van der Waals surface area contributed by atoms with Crippen LogP contribution in [0, 0.1) is 6.92 Å². The fraction of sp³-hybridized carbons (Fsp3) is 0.350. The van der Waals surface area contributed by atoms with Gasteiger partial charge in [0, 0.05) is 44.1 Å². The maximum Gasteiger partial charge on any atom is 0.150 e. The van der Waals surface area contributed by atoms with Crippen molar-refractivity contribution in [2.75, 3.05) is 18.4 Å². The largest absolute Gasteiger partial charge is 0.324 e. The van der Waals surface area contributed by atoms with Gasteiger partial charge in [-0.05, 0) is 49.9 Å². The van der Waals surface area contributed by atoms with Crippen LogP contribution in [0.2, 0.25) is 0 Å². The third kappa shape index (κ3) is 4.62. The third-order valence-corrected chi connectivity index (χ3v) is 4.80. The lowest BCUT2D eigenvalue weighted by Gasteiger charge is -2.32. The van der Waals surface area contributed by atoms with Crippen molar-refractivity contribution in [1.82, 2.24) is 29.8 Å². The summed E-state index contributed by atoms with van der Waals surface area (Å²) in [6, 6.07) is 4.23. The Kier molecular flexibility index (Phi) is 5.29. The van der Waals surface area contributed by atoms with E-state index in [2.05, 4.69) is 47.3 Å². The summed E-state index contributed by atoms with van der Waals surface area (Å²) in [6.45, 7) is 4.93. The van der Waals surface area contributed by atoms with Crippen molar-refractivity contribution < 1.29 is 0 Å². The first-order valence-electron chi connectivity index (χ1n) is 9.25. The van der Waals surface area contributed by atoms with Gasteiger partial charge in [0.15, 0.2) is 0 Å². The van der Waals surface area contributed by atoms with Gasteiger partial charge in [-0.25, -0.2) is 9.97 Å². The molecule has 0 saturated carbocycles. The summed E-state index contributed by atoms with van der Waals surface area (Å²) in [7, 11) is 0. The molecule has 7 nitrogen and oxygen atoms in total. The quantitative estimate of drug-likeness (QED) is 0.748. The Morgan fingerprint density at radius 3 is 2.78 bits per heavy atom. The Morgan fingerprint density at radius 1 is 1.04 bits per heavy atom. The van der Waals surface area contributed by atoms with E-state index in [1.165, 1.54) is 18.4 Å². The molecule has 1 atom stereocenters. The second-order valence-corrected chi connectivity index (χ2v) is 6.91. The number of aryl methyl sites for hydroxylation is 1. The van der Waals surface area contributed by atoms with Gasteiger partial charge in [-0.2, -0.15) is 0 Å². The highest BCUT2D eigenvalue weighted by Gasteiger charge is 2.22. The van der Waals surface area contributed by atoms with Gasteiger partial charge in [0.05, 0.1) is 17.6 Å². The predicted molar refractivity (Wildman–Crippen MR) is 104 cm³/mol. The van der Waals surface area contributed by atoms with Crippen LogP contribution in [0.4, 0.5) is 11.6 Å². The Bertz CT molecular complexity index is 867. The number of hydrogen-bond donors (Lipinski definition) is 1. The van der Waals surface area contributed by atoms with Crippen molar-refractivity contribution in [3.8, 4) is 0 Å². The summed E-state index contributed by atoms with van der Waals surface area (Å²) >= 11 is 0. The van der Waals surface area contributed by atoms with Gasteiger partial charge in [-0.3, -0.25) is 19.9 Å². The number of nitrogens with zero attached hydrogens (tertiary/aromatic N) is 6. The topological polar surface area (TPSA) is 79.7 Å². The molecule has 138 valence electrons. The average Bonchev–Trinajstić information content (AvgIpc) is 2.71. The standard InChI is InChI=1S/C20H23N7/c1-15-10-25-18(11-24-15)14-27-8-2-3-17(13-27)16-4-5-22-19(9-16)26-20-12-21-6-7-23-20/h4-7,9-12,17H,2-3,8,13-14H2,1H3,(H,22,23,26). The van der Waals surface area contributed by atoms with Crippen molar-refractivity contribution in [3.63, 3.8) is 0 Å². The van der Waals surface area contributed by atoms with Crippen LogP contribution in [0.5, 0.6) is 0 Å². The minimum Gasteiger partial charge on any atom is -0.324 e. The van der Waals surface area contributed by atoms with E-state index >= 15 is 0 Å². The van der Waals surface area contributed by atoms with E-state index in [9.17, 15) is 0 Å². The smallest absolute Gasteiger partial charge is 0.150 e. The molecule has 3 aromatic heterocycles. The second-order valence-electron chi connectivity index (χ2n) is 6.91. The monoisotopic (exact) mass is 361 g/mol. The van der Waals surface area contributed by atoms with Gasteiger partial charge in [-0.15, -0.1) is 0 Å². The minimum atomic E-state index is 0.488. The van der Waals surface area contributed by atoms with Gasteiger partial charge < -0.3 is 5.32 Å². The Hall–Kier alpha value is -2.93. The Balaban J connectivity index is 1.43. The van der Waals surface area contributed by atoms with Crippen LogP contribution in [0.1, 0.15) is 35.7 Å². The number of hydrogen-bond acceptors (Lipinski definition) is 7. The van der Waals surface area contributed by atoms with E-state index in [1.807, 2.05) is 25.5 Å². The third-order valence-electron chi connectivity index (χ3n) is 4.80. The molecule has 7 heteroatoms. The number of likely N-dealkylation sites (tertiary alicyclic amines) is 1. The zero-order chi connectivity index (χ0) is 18.5. The van der Waals surface area contributed by atoms with Crippen LogP contribution in [-0.2, 0) is 6.54 Å². The molecule has 3 aromatic rings. The number of nitrogens with one attached hydrogen (secondary N) is 1. The molecule has 1 unspecified atom stereocenters. The van der Waals surface area contributed by atoms with E-state index in [-0.39, 0.29) is 0 Å². The highest BCUT2D eigenvalue weighted by molar-refractivity contribution is 5.51. The summed E-state index contributed by atoms with van der Waals surface area (Å²) in [6.07, 6.45) is 13.0. The molecule has 0 spiro atoms. The molecule has 0 aliphatic carbocycles. The van der Waals surface area contributed by atoms with Crippen molar-refractivity contribution in [2.24, 2.45) is 0 Å². The van der Waals surface area contributed by atoms with E-state index < -0.39 is 0 Å². The Morgan fingerprint density at radius 2 is 1.96 bits per heavy atom. The van der Waals surface area contributed by atoms with Crippen LogP contribution in [0.25, 0.3) is 0 Å². The predicted octanol–water partition coefficient (Wildman–Crippen LogP) is 3.09. The summed E-state index contributed by atoms with van der Waals surface area (Å²) in [5, 5.41) is 3.22. The Labute approximate surface area is 159 Å². The van der Waals surface area contributed by atoms with Crippen LogP contribution in [-0.4, -0.2) is 42.9 Å². The summed E-state index contributed by atoms with van der Waals surface area (Å²) < 4.78 is 0. The molecule has 0 amide bonds. The number of pyridine rings is 1. The van der Waals surface area contributed by atoms with Gasteiger partial charge in [0.2, 0.25) is 0 Å². The lowest BCUT2D eigenvalue weighted by molar-refractivity contribution is 0.198. The molecule has 1 aliphatic rings. The fourth-order valence-electron chi connectivity index (χ4n) is 3.47. The highest BCUT2D eigenvalue weighted by atomic mass is 15.1. The van der Waals surface area contributed by atoms with E-state index in [0.29, 0.717) is 11.7 Å². The van der Waals surface area contributed by atoms with Crippen molar-refractivity contribution >= 4 is 11.6 Å². The molecule has 0 aromatic carbocycles. The van der Waals surface area contributed by atoms with Crippen LogP contribution in [0.3, 0.4) is 0 Å². The number of piperidine rings is 1. The van der Waals surface area contributed by atoms with E-state index in [1.54, 1.807) is 18.6 Å².